The zero-order valence-electron chi connectivity index (χ0n) is 14.5. The van der Waals surface area contributed by atoms with E-state index in [1.807, 2.05) is 50.8 Å². The lowest BCUT2D eigenvalue weighted by Gasteiger charge is -2.30. The van der Waals surface area contributed by atoms with E-state index >= 15 is 0 Å². The van der Waals surface area contributed by atoms with Gasteiger partial charge in [0.1, 0.15) is 0 Å². The summed E-state index contributed by atoms with van der Waals surface area (Å²) in [5.41, 5.74) is 1.20. The van der Waals surface area contributed by atoms with E-state index in [9.17, 15) is 4.79 Å². The van der Waals surface area contributed by atoms with E-state index in [1.54, 1.807) is 0 Å². The molecule has 0 aliphatic heterocycles. The lowest BCUT2D eigenvalue weighted by atomic mass is 10.2. The molecular formula is C17H24N4OS2. The number of nitrogens with one attached hydrogen (secondary N) is 1. The van der Waals surface area contributed by atoms with Gasteiger partial charge in [-0.1, -0.05) is 53.4 Å². The average Bonchev–Trinajstić information content (AvgIpc) is 2.99. The molecule has 0 unspecified atom stereocenters. The van der Waals surface area contributed by atoms with Crippen LogP contribution in [0.1, 0.15) is 33.3 Å². The zero-order chi connectivity index (χ0) is 17.5. The van der Waals surface area contributed by atoms with Crippen molar-refractivity contribution >= 4 is 34.1 Å². The number of aromatic nitrogens is 2. The summed E-state index contributed by atoms with van der Waals surface area (Å²) < 4.78 is 0.811. The van der Waals surface area contributed by atoms with E-state index < -0.39 is 0 Å². The molecule has 1 heterocycles. The Labute approximate surface area is 151 Å². The monoisotopic (exact) mass is 364 g/mol. The predicted octanol–water partition coefficient (Wildman–Crippen LogP) is 3.89. The fourth-order valence-electron chi connectivity index (χ4n) is 2.48. The first kappa shape index (κ1) is 18.7. The molecule has 5 nitrogen and oxygen atoms in total. The fourth-order valence-corrected chi connectivity index (χ4v) is 4.10. The van der Waals surface area contributed by atoms with Crippen molar-refractivity contribution < 1.29 is 4.79 Å². The van der Waals surface area contributed by atoms with Crippen molar-refractivity contribution in [2.45, 2.75) is 50.7 Å². The van der Waals surface area contributed by atoms with Crippen LogP contribution in [-0.2, 0) is 11.3 Å². The quantitative estimate of drug-likeness (QED) is 0.720. The minimum atomic E-state index is 0.138. The SMILES string of the molecule is CC(C)N(C(=O)CSc1nnc(NCc2ccccc2)s1)C(C)C. The molecule has 130 valence electrons. The van der Waals surface area contributed by atoms with Gasteiger partial charge in [0.2, 0.25) is 11.0 Å². The topological polar surface area (TPSA) is 58.1 Å². The maximum absolute atomic E-state index is 12.4. The number of carbonyl (C=O) groups excluding carboxylic acids is 1. The molecule has 24 heavy (non-hydrogen) atoms. The number of hydrogen-bond acceptors (Lipinski definition) is 6. The van der Waals surface area contributed by atoms with Crippen LogP contribution in [0.15, 0.2) is 34.7 Å². The van der Waals surface area contributed by atoms with Gasteiger partial charge in [-0.15, -0.1) is 10.2 Å². The Balaban J connectivity index is 1.84. The summed E-state index contributed by atoms with van der Waals surface area (Å²) in [4.78, 5) is 14.3. The number of carbonyl (C=O) groups is 1. The Bertz CT molecular complexity index is 635. The molecule has 1 aromatic carbocycles. The summed E-state index contributed by atoms with van der Waals surface area (Å²) in [5.74, 6) is 0.530. The highest BCUT2D eigenvalue weighted by atomic mass is 32.2. The van der Waals surface area contributed by atoms with E-state index in [1.165, 1.54) is 28.7 Å². The first-order chi connectivity index (χ1) is 11.5. The Kier molecular flexibility index (Phi) is 7.05. The molecule has 0 aliphatic rings. The van der Waals surface area contributed by atoms with Gasteiger partial charge in [0, 0.05) is 18.6 Å². The molecule has 0 fully saturated rings. The third-order valence-corrected chi connectivity index (χ3v) is 5.41. The summed E-state index contributed by atoms with van der Waals surface area (Å²) >= 11 is 2.93. The molecule has 0 radical (unpaired) electrons. The molecule has 1 amide bonds. The van der Waals surface area contributed by atoms with Gasteiger partial charge in [-0.3, -0.25) is 4.79 Å². The van der Waals surface area contributed by atoms with Gasteiger partial charge in [-0.05, 0) is 33.3 Å². The van der Waals surface area contributed by atoms with E-state index in [4.69, 9.17) is 0 Å². The smallest absolute Gasteiger partial charge is 0.233 e. The second-order valence-electron chi connectivity index (χ2n) is 5.99. The lowest BCUT2D eigenvalue weighted by Crippen LogP contribution is -2.43. The lowest BCUT2D eigenvalue weighted by molar-refractivity contribution is -0.131. The number of hydrogen-bond donors (Lipinski definition) is 1. The van der Waals surface area contributed by atoms with Crippen LogP contribution in [-0.4, -0.2) is 38.8 Å². The number of amides is 1. The molecule has 2 rings (SSSR count). The second-order valence-corrected chi connectivity index (χ2v) is 8.19. The maximum Gasteiger partial charge on any atom is 0.233 e. The minimum absolute atomic E-state index is 0.138. The number of thioether (sulfide) groups is 1. The van der Waals surface area contributed by atoms with Crippen molar-refractivity contribution in [1.82, 2.24) is 15.1 Å². The van der Waals surface area contributed by atoms with Crippen molar-refractivity contribution in [2.24, 2.45) is 0 Å². The first-order valence-electron chi connectivity index (χ1n) is 8.02. The van der Waals surface area contributed by atoms with Crippen LogP contribution >= 0.6 is 23.1 Å². The van der Waals surface area contributed by atoms with Gasteiger partial charge >= 0.3 is 0 Å². The van der Waals surface area contributed by atoms with Crippen LogP contribution in [0.25, 0.3) is 0 Å². The second kappa shape index (κ2) is 9.03. The summed E-state index contributed by atoms with van der Waals surface area (Å²) in [7, 11) is 0. The van der Waals surface area contributed by atoms with Gasteiger partial charge < -0.3 is 10.2 Å². The van der Waals surface area contributed by atoms with Gasteiger partial charge in [0.25, 0.3) is 0 Å². The summed E-state index contributed by atoms with van der Waals surface area (Å²) in [6.45, 7) is 8.88. The van der Waals surface area contributed by atoms with Crippen molar-refractivity contribution in [1.29, 1.82) is 0 Å². The molecule has 1 aromatic heterocycles. The summed E-state index contributed by atoms with van der Waals surface area (Å²) in [6.07, 6.45) is 0. The molecule has 0 saturated carbocycles. The van der Waals surface area contributed by atoms with Crippen LogP contribution < -0.4 is 5.32 Å². The Morgan fingerprint density at radius 2 is 1.83 bits per heavy atom. The number of benzene rings is 1. The van der Waals surface area contributed by atoms with Crippen LogP contribution in [0.5, 0.6) is 0 Å². The van der Waals surface area contributed by atoms with Crippen molar-refractivity contribution in [3.63, 3.8) is 0 Å². The first-order valence-corrected chi connectivity index (χ1v) is 9.83. The molecule has 1 N–H and O–H groups in total. The van der Waals surface area contributed by atoms with E-state index in [0.717, 1.165) is 9.47 Å². The van der Waals surface area contributed by atoms with Gasteiger partial charge in [-0.2, -0.15) is 0 Å². The summed E-state index contributed by atoms with van der Waals surface area (Å²) in [5, 5.41) is 12.3. The molecule has 7 heteroatoms. The maximum atomic E-state index is 12.4. The Hall–Kier alpha value is -1.60. The van der Waals surface area contributed by atoms with Gasteiger partial charge in [-0.25, -0.2) is 0 Å². The van der Waals surface area contributed by atoms with Crippen LogP contribution in [0.2, 0.25) is 0 Å². The van der Waals surface area contributed by atoms with Crippen molar-refractivity contribution in [3.05, 3.63) is 35.9 Å². The van der Waals surface area contributed by atoms with Crippen LogP contribution in [0.4, 0.5) is 5.13 Å². The molecule has 2 aromatic rings. The normalized spacial score (nSPS) is 11.1. The number of rotatable bonds is 8. The highest BCUT2D eigenvalue weighted by Gasteiger charge is 2.20. The minimum Gasteiger partial charge on any atom is -0.356 e. The molecule has 0 spiro atoms. The Morgan fingerprint density at radius 1 is 1.17 bits per heavy atom. The van der Waals surface area contributed by atoms with E-state index in [0.29, 0.717) is 12.3 Å². The summed E-state index contributed by atoms with van der Waals surface area (Å²) in [6, 6.07) is 10.6. The van der Waals surface area contributed by atoms with Crippen LogP contribution in [0, 0.1) is 0 Å². The van der Waals surface area contributed by atoms with Gasteiger partial charge in [0.15, 0.2) is 4.34 Å². The molecule has 0 saturated heterocycles. The number of nitrogens with zero attached hydrogens (tertiary/aromatic N) is 3. The predicted molar refractivity (Wildman–Crippen MR) is 102 cm³/mol. The van der Waals surface area contributed by atoms with Crippen LogP contribution in [0.3, 0.4) is 0 Å². The zero-order valence-corrected chi connectivity index (χ0v) is 16.2. The van der Waals surface area contributed by atoms with E-state index in [-0.39, 0.29) is 18.0 Å². The largest absolute Gasteiger partial charge is 0.356 e. The molecule has 0 bridgehead atoms. The average molecular weight is 365 g/mol. The van der Waals surface area contributed by atoms with Gasteiger partial charge in [0.05, 0.1) is 5.75 Å². The van der Waals surface area contributed by atoms with Crippen molar-refractivity contribution in [2.75, 3.05) is 11.1 Å². The third-order valence-electron chi connectivity index (χ3n) is 3.41. The molecular weight excluding hydrogens is 340 g/mol. The standard InChI is InChI=1S/C17H24N4OS2/c1-12(2)21(13(3)4)15(22)11-23-17-20-19-16(24-17)18-10-14-8-6-5-7-9-14/h5-9,12-13H,10-11H2,1-4H3,(H,18,19). The van der Waals surface area contributed by atoms with Crippen molar-refractivity contribution in [3.8, 4) is 0 Å². The highest BCUT2D eigenvalue weighted by molar-refractivity contribution is 8.01. The Morgan fingerprint density at radius 3 is 2.46 bits per heavy atom. The molecule has 0 aliphatic carbocycles. The third kappa shape index (κ3) is 5.49. The highest BCUT2D eigenvalue weighted by Crippen LogP contribution is 2.26. The van der Waals surface area contributed by atoms with E-state index in [2.05, 4.69) is 27.6 Å². The molecule has 0 atom stereocenters. The fraction of sp³-hybridized carbons (Fsp3) is 0.471. The number of anilines is 1.